The van der Waals surface area contributed by atoms with Crippen molar-refractivity contribution in [2.24, 2.45) is 17.8 Å². The molecule has 72 valence electrons. The highest BCUT2D eigenvalue weighted by atomic mass is 16.3. The highest BCUT2D eigenvalue weighted by Gasteiger charge is 2.29. The van der Waals surface area contributed by atoms with Gasteiger partial charge in [0, 0.05) is 0 Å². The van der Waals surface area contributed by atoms with E-state index in [1.165, 1.54) is 19.3 Å². The number of aliphatic hydroxyl groups excluding tert-OH is 1. The molecule has 1 rings (SSSR count). The van der Waals surface area contributed by atoms with E-state index in [1.807, 2.05) is 0 Å². The maximum absolute atomic E-state index is 9.84. The second-order valence-corrected chi connectivity index (χ2v) is 4.56. The Labute approximate surface area is 76.2 Å². The molecule has 0 saturated heterocycles. The SMILES string of the molecule is CC[C@H]1CC[C@H](C(C)C)[C@@H](O)C1. The van der Waals surface area contributed by atoms with Gasteiger partial charge in [-0.05, 0) is 37.0 Å². The second kappa shape index (κ2) is 4.27. The summed E-state index contributed by atoms with van der Waals surface area (Å²) >= 11 is 0. The van der Waals surface area contributed by atoms with Crippen molar-refractivity contribution in [3.8, 4) is 0 Å². The number of hydrogen-bond acceptors (Lipinski definition) is 1. The van der Waals surface area contributed by atoms with Crippen molar-refractivity contribution >= 4 is 0 Å². The molecule has 0 spiro atoms. The van der Waals surface area contributed by atoms with Crippen molar-refractivity contribution in [2.45, 2.75) is 52.6 Å². The van der Waals surface area contributed by atoms with Crippen LogP contribution >= 0.6 is 0 Å². The normalized spacial score (nSPS) is 37.2. The van der Waals surface area contributed by atoms with Crippen LogP contribution in [-0.2, 0) is 0 Å². The molecule has 0 amide bonds. The van der Waals surface area contributed by atoms with Gasteiger partial charge < -0.3 is 5.11 Å². The van der Waals surface area contributed by atoms with Gasteiger partial charge in [0.25, 0.3) is 0 Å². The van der Waals surface area contributed by atoms with Gasteiger partial charge in [0.2, 0.25) is 0 Å². The highest BCUT2D eigenvalue weighted by molar-refractivity contribution is 4.80. The van der Waals surface area contributed by atoms with E-state index in [9.17, 15) is 5.11 Å². The van der Waals surface area contributed by atoms with Crippen LogP contribution in [-0.4, -0.2) is 11.2 Å². The highest BCUT2D eigenvalue weighted by Crippen LogP contribution is 2.34. The minimum absolute atomic E-state index is 0.0244. The molecule has 1 aliphatic rings. The summed E-state index contributed by atoms with van der Waals surface area (Å²) in [7, 11) is 0. The minimum Gasteiger partial charge on any atom is -0.393 e. The molecule has 0 bridgehead atoms. The summed E-state index contributed by atoms with van der Waals surface area (Å²) in [5.74, 6) is 2.00. The Bertz CT molecular complexity index is 131. The Morgan fingerprint density at radius 2 is 2.00 bits per heavy atom. The van der Waals surface area contributed by atoms with Crippen LogP contribution in [0.3, 0.4) is 0 Å². The predicted octanol–water partition coefficient (Wildman–Crippen LogP) is 2.83. The third-order valence-electron chi connectivity index (χ3n) is 3.41. The average Bonchev–Trinajstić information content (AvgIpc) is 2.03. The second-order valence-electron chi connectivity index (χ2n) is 4.56. The minimum atomic E-state index is -0.0244. The maximum atomic E-state index is 9.84. The molecule has 0 aliphatic heterocycles. The fraction of sp³-hybridized carbons (Fsp3) is 1.00. The van der Waals surface area contributed by atoms with Crippen LogP contribution < -0.4 is 0 Å². The van der Waals surface area contributed by atoms with Crippen molar-refractivity contribution in [3.63, 3.8) is 0 Å². The number of hydrogen-bond donors (Lipinski definition) is 1. The Kier molecular flexibility index (Phi) is 3.57. The fourth-order valence-corrected chi connectivity index (χ4v) is 2.40. The van der Waals surface area contributed by atoms with Gasteiger partial charge in [-0.2, -0.15) is 0 Å². The van der Waals surface area contributed by atoms with Crippen LogP contribution in [0.25, 0.3) is 0 Å². The molecule has 0 heterocycles. The van der Waals surface area contributed by atoms with E-state index < -0.39 is 0 Å². The van der Waals surface area contributed by atoms with Crippen molar-refractivity contribution in [1.82, 2.24) is 0 Å². The topological polar surface area (TPSA) is 20.2 Å². The van der Waals surface area contributed by atoms with Crippen molar-refractivity contribution < 1.29 is 5.11 Å². The van der Waals surface area contributed by atoms with E-state index in [4.69, 9.17) is 0 Å². The first-order valence-electron chi connectivity index (χ1n) is 5.33. The molecule has 1 nitrogen and oxygen atoms in total. The summed E-state index contributed by atoms with van der Waals surface area (Å²) in [6.07, 6.45) is 4.82. The van der Waals surface area contributed by atoms with Gasteiger partial charge in [0.15, 0.2) is 0 Å². The van der Waals surface area contributed by atoms with Gasteiger partial charge in [0.05, 0.1) is 6.10 Å². The van der Waals surface area contributed by atoms with Crippen LogP contribution in [0.1, 0.15) is 46.5 Å². The third kappa shape index (κ3) is 2.22. The standard InChI is InChI=1S/C11H22O/c1-4-9-5-6-10(8(2)3)11(12)7-9/h8-12H,4-7H2,1-3H3/t9-,10+,11-/m0/s1. The Morgan fingerprint density at radius 1 is 1.33 bits per heavy atom. The summed E-state index contributed by atoms with van der Waals surface area (Å²) in [4.78, 5) is 0. The van der Waals surface area contributed by atoms with Gasteiger partial charge in [-0.1, -0.05) is 27.2 Å². The maximum Gasteiger partial charge on any atom is 0.0573 e. The van der Waals surface area contributed by atoms with Crippen LogP contribution in [0.5, 0.6) is 0 Å². The molecular weight excluding hydrogens is 148 g/mol. The largest absolute Gasteiger partial charge is 0.393 e. The zero-order valence-electron chi connectivity index (χ0n) is 8.59. The molecular formula is C11H22O. The zero-order chi connectivity index (χ0) is 9.14. The first-order chi connectivity index (χ1) is 5.65. The monoisotopic (exact) mass is 170 g/mol. The Balaban J connectivity index is 2.42. The zero-order valence-corrected chi connectivity index (χ0v) is 8.59. The molecule has 0 aromatic carbocycles. The molecule has 0 aromatic rings. The van der Waals surface area contributed by atoms with E-state index in [0.717, 1.165) is 12.3 Å². The molecule has 3 atom stereocenters. The summed E-state index contributed by atoms with van der Waals surface area (Å²) in [6.45, 7) is 6.67. The predicted molar refractivity (Wildman–Crippen MR) is 52.0 cm³/mol. The third-order valence-corrected chi connectivity index (χ3v) is 3.41. The molecule has 0 unspecified atom stereocenters. The van der Waals surface area contributed by atoms with Gasteiger partial charge in [-0.25, -0.2) is 0 Å². The van der Waals surface area contributed by atoms with E-state index in [1.54, 1.807) is 0 Å². The number of rotatable bonds is 2. The summed E-state index contributed by atoms with van der Waals surface area (Å²) in [5.41, 5.74) is 0. The van der Waals surface area contributed by atoms with Gasteiger partial charge in [-0.15, -0.1) is 0 Å². The number of aliphatic hydroxyl groups is 1. The molecule has 1 saturated carbocycles. The van der Waals surface area contributed by atoms with Crippen LogP contribution in [0.15, 0.2) is 0 Å². The van der Waals surface area contributed by atoms with Crippen LogP contribution in [0.4, 0.5) is 0 Å². The first-order valence-corrected chi connectivity index (χ1v) is 5.33. The fourth-order valence-electron chi connectivity index (χ4n) is 2.40. The lowest BCUT2D eigenvalue weighted by molar-refractivity contribution is 0.0220. The van der Waals surface area contributed by atoms with E-state index >= 15 is 0 Å². The summed E-state index contributed by atoms with van der Waals surface area (Å²) in [6, 6.07) is 0. The van der Waals surface area contributed by atoms with Gasteiger partial charge in [0.1, 0.15) is 0 Å². The molecule has 1 heteroatoms. The Morgan fingerprint density at radius 3 is 2.42 bits per heavy atom. The van der Waals surface area contributed by atoms with Crippen molar-refractivity contribution in [1.29, 1.82) is 0 Å². The summed E-state index contributed by atoms with van der Waals surface area (Å²) < 4.78 is 0. The molecule has 1 N–H and O–H groups in total. The van der Waals surface area contributed by atoms with Gasteiger partial charge >= 0.3 is 0 Å². The molecule has 1 aliphatic carbocycles. The summed E-state index contributed by atoms with van der Waals surface area (Å²) in [5, 5.41) is 9.84. The average molecular weight is 170 g/mol. The molecule has 0 aromatic heterocycles. The van der Waals surface area contributed by atoms with Crippen molar-refractivity contribution in [2.75, 3.05) is 0 Å². The van der Waals surface area contributed by atoms with Crippen LogP contribution in [0, 0.1) is 17.8 Å². The lowest BCUT2D eigenvalue weighted by Gasteiger charge is -2.35. The lowest BCUT2D eigenvalue weighted by atomic mass is 9.74. The lowest BCUT2D eigenvalue weighted by Crippen LogP contribution is -2.32. The molecule has 1 fully saturated rings. The molecule has 0 radical (unpaired) electrons. The van der Waals surface area contributed by atoms with Gasteiger partial charge in [-0.3, -0.25) is 0 Å². The van der Waals surface area contributed by atoms with Crippen LogP contribution in [0.2, 0.25) is 0 Å². The quantitative estimate of drug-likeness (QED) is 0.675. The van der Waals surface area contributed by atoms with E-state index in [-0.39, 0.29) is 6.10 Å². The smallest absolute Gasteiger partial charge is 0.0573 e. The van der Waals surface area contributed by atoms with E-state index in [2.05, 4.69) is 20.8 Å². The van der Waals surface area contributed by atoms with Crippen molar-refractivity contribution in [3.05, 3.63) is 0 Å². The van der Waals surface area contributed by atoms with E-state index in [0.29, 0.717) is 11.8 Å². The first kappa shape index (κ1) is 10.0. The Hall–Kier alpha value is -0.0400. The molecule has 12 heavy (non-hydrogen) atoms.